The highest BCUT2D eigenvalue weighted by molar-refractivity contribution is 5.86. The molecule has 2 aliphatic rings. The normalized spacial score (nSPS) is 21.9. The Morgan fingerprint density at radius 1 is 1.10 bits per heavy atom. The molecule has 31 heavy (non-hydrogen) atoms. The number of carbonyl (C=O) groups excluding carboxylic acids is 1. The van der Waals surface area contributed by atoms with Crippen molar-refractivity contribution in [3.05, 3.63) is 52.3 Å². The molecule has 2 aromatic rings. The fraction of sp³-hybridized carbons (Fsp3) is 0.520. The third kappa shape index (κ3) is 4.13. The lowest BCUT2D eigenvalue weighted by Crippen LogP contribution is -2.53. The van der Waals surface area contributed by atoms with Gasteiger partial charge in [0.2, 0.25) is 0 Å². The van der Waals surface area contributed by atoms with Crippen molar-refractivity contribution >= 4 is 5.91 Å². The van der Waals surface area contributed by atoms with Crippen LogP contribution >= 0.6 is 0 Å². The molecule has 4 rings (SSSR count). The smallest absolute Gasteiger partial charge is 0.266 e. The van der Waals surface area contributed by atoms with Gasteiger partial charge in [0.25, 0.3) is 5.91 Å². The predicted molar refractivity (Wildman–Crippen MR) is 120 cm³/mol. The first kappa shape index (κ1) is 21.6. The fourth-order valence-corrected chi connectivity index (χ4v) is 4.81. The standard InChI is InChI=1S/C25H33N3O3/c1-17-18(2)23-21(19(3)22(17)29)6-9-25(4,31-23)24(30)28-13-5-12-27(14-15-28)16-20-7-10-26-11-8-20/h7-8,10-11,29H,5-6,9,12-16H2,1-4H3. The summed E-state index contributed by atoms with van der Waals surface area (Å²) in [7, 11) is 0. The molecular formula is C25H33N3O3. The van der Waals surface area contributed by atoms with E-state index in [1.165, 1.54) is 5.56 Å². The molecule has 1 saturated heterocycles. The molecule has 1 aromatic carbocycles. The third-order valence-electron chi connectivity index (χ3n) is 7.00. The Balaban J connectivity index is 1.47. The molecule has 1 unspecified atom stereocenters. The number of ether oxygens (including phenoxy) is 1. The van der Waals surface area contributed by atoms with Crippen LogP contribution in [-0.4, -0.2) is 57.6 Å². The molecule has 0 spiro atoms. The van der Waals surface area contributed by atoms with Crippen molar-refractivity contribution in [1.82, 2.24) is 14.8 Å². The number of phenols is 1. The first-order chi connectivity index (χ1) is 14.8. The quantitative estimate of drug-likeness (QED) is 0.818. The highest BCUT2D eigenvalue weighted by Crippen LogP contribution is 2.43. The van der Waals surface area contributed by atoms with Gasteiger partial charge in [-0.2, -0.15) is 0 Å². The number of nitrogens with zero attached hydrogens (tertiary/aromatic N) is 3. The van der Waals surface area contributed by atoms with Gasteiger partial charge in [-0.1, -0.05) is 0 Å². The van der Waals surface area contributed by atoms with E-state index < -0.39 is 5.60 Å². The molecule has 1 amide bonds. The van der Waals surface area contributed by atoms with Crippen molar-refractivity contribution in [2.75, 3.05) is 26.2 Å². The van der Waals surface area contributed by atoms with E-state index in [1.54, 1.807) is 0 Å². The summed E-state index contributed by atoms with van der Waals surface area (Å²) in [6.07, 6.45) is 5.97. The fourth-order valence-electron chi connectivity index (χ4n) is 4.81. The summed E-state index contributed by atoms with van der Waals surface area (Å²) >= 11 is 0. The molecule has 1 aromatic heterocycles. The van der Waals surface area contributed by atoms with Gasteiger partial charge in [-0.3, -0.25) is 14.7 Å². The van der Waals surface area contributed by atoms with Crippen molar-refractivity contribution < 1.29 is 14.6 Å². The summed E-state index contributed by atoms with van der Waals surface area (Å²) in [4.78, 5) is 22.0. The van der Waals surface area contributed by atoms with E-state index in [-0.39, 0.29) is 5.91 Å². The van der Waals surface area contributed by atoms with Crippen LogP contribution in [0.5, 0.6) is 11.5 Å². The average Bonchev–Trinajstić information content (AvgIpc) is 3.02. The summed E-state index contributed by atoms with van der Waals surface area (Å²) in [5.41, 5.74) is 4.04. The second-order valence-electron chi connectivity index (χ2n) is 9.14. The second kappa shape index (κ2) is 8.50. The lowest BCUT2D eigenvalue weighted by molar-refractivity contribution is -0.148. The number of amides is 1. The van der Waals surface area contributed by atoms with Crippen molar-refractivity contribution in [1.29, 1.82) is 0 Å². The van der Waals surface area contributed by atoms with Gasteiger partial charge < -0.3 is 14.7 Å². The maximum absolute atomic E-state index is 13.6. The summed E-state index contributed by atoms with van der Waals surface area (Å²) in [5, 5.41) is 10.4. The van der Waals surface area contributed by atoms with Gasteiger partial charge in [0.05, 0.1) is 0 Å². The molecule has 2 aliphatic heterocycles. The molecule has 0 aliphatic carbocycles. The lowest BCUT2D eigenvalue weighted by Gasteiger charge is -2.39. The van der Waals surface area contributed by atoms with E-state index in [2.05, 4.69) is 9.88 Å². The van der Waals surface area contributed by atoms with Gasteiger partial charge in [0, 0.05) is 57.1 Å². The van der Waals surface area contributed by atoms with E-state index in [4.69, 9.17) is 4.74 Å². The summed E-state index contributed by atoms with van der Waals surface area (Å²) in [5.74, 6) is 1.20. The van der Waals surface area contributed by atoms with Crippen LogP contribution < -0.4 is 4.74 Å². The molecule has 166 valence electrons. The number of carbonyl (C=O) groups is 1. The minimum atomic E-state index is -0.867. The van der Waals surface area contributed by atoms with Crippen molar-refractivity contribution in [2.45, 2.75) is 59.1 Å². The Labute approximate surface area is 184 Å². The molecule has 1 atom stereocenters. The van der Waals surface area contributed by atoms with Gasteiger partial charge in [-0.25, -0.2) is 0 Å². The zero-order valence-electron chi connectivity index (χ0n) is 19.1. The first-order valence-electron chi connectivity index (χ1n) is 11.2. The van der Waals surface area contributed by atoms with Crippen molar-refractivity contribution in [3.8, 4) is 11.5 Å². The summed E-state index contributed by atoms with van der Waals surface area (Å²) in [6.45, 7) is 11.9. The van der Waals surface area contributed by atoms with Crippen LogP contribution in [0.4, 0.5) is 0 Å². The number of aromatic hydroxyl groups is 1. The molecule has 1 fully saturated rings. The molecule has 3 heterocycles. The molecule has 0 bridgehead atoms. The van der Waals surface area contributed by atoms with Crippen LogP contribution in [0.15, 0.2) is 24.5 Å². The Hall–Kier alpha value is -2.60. The number of benzene rings is 1. The van der Waals surface area contributed by atoms with Gasteiger partial charge >= 0.3 is 0 Å². The van der Waals surface area contributed by atoms with Gasteiger partial charge in [0.15, 0.2) is 5.60 Å². The molecule has 6 heteroatoms. The zero-order valence-corrected chi connectivity index (χ0v) is 19.1. The number of aromatic nitrogens is 1. The minimum absolute atomic E-state index is 0.0756. The van der Waals surface area contributed by atoms with Gasteiger partial charge in [-0.15, -0.1) is 0 Å². The van der Waals surface area contributed by atoms with E-state index in [0.717, 1.165) is 67.0 Å². The van der Waals surface area contributed by atoms with E-state index in [0.29, 0.717) is 18.7 Å². The second-order valence-corrected chi connectivity index (χ2v) is 9.14. The molecule has 0 radical (unpaired) electrons. The highest BCUT2D eigenvalue weighted by atomic mass is 16.5. The lowest BCUT2D eigenvalue weighted by atomic mass is 9.86. The topological polar surface area (TPSA) is 65.9 Å². The molecule has 6 nitrogen and oxygen atoms in total. The van der Waals surface area contributed by atoms with E-state index >= 15 is 0 Å². The minimum Gasteiger partial charge on any atom is -0.507 e. The van der Waals surface area contributed by atoms with Crippen LogP contribution in [-0.2, 0) is 17.8 Å². The van der Waals surface area contributed by atoms with Crippen LogP contribution in [0.2, 0.25) is 0 Å². The van der Waals surface area contributed by atoms with Gasteiger partial charge in [0.1, 0.15) is 11.5 Å². The SMILES string of the molecule is Cc1c(C)c2c(c(C)c1O)CCC(C)(C(=O)N1CCCN(Cc3ccncc3)CC1)O2. The number of hydrogen-bond acceptors (Lipinski definition) is 5. The number of fused-ring (bicyclic) bond motifs is 1. The van der Waals surface area contributed by atoms with Crippen molar-refractivity contribution in [3.63, 3.8) is 0 Å². The van der Waals surface area contributed by atoms with Crippen LogP contribution in [0.25, 0.3) is 0 Å². The van der Waals surface area contributed by atoms with E-state index in [1.807, 2.05) is 57.1 Å². The Kier molecular flexibility index (Phi) is 5.93. The maximum atomic E-state index is 13.6. The number of rotatable bonds is 3. The average molecular weight is 424 g/mol. The van der Waals surface area contributed by atoms with Crippen LogP contribution in [0, 0.1) is 20.8 Å². The van der Waals surface area contributed by atoms with Crippen LogP contribution in [0.1, 0.15) is 47.6 Å². The first-order valence-corrected chi connectivity index (χ1v) is 11.2. The maximum Gasteiger partial charge on any atom is 0.266 e. The summed E-state index contributed by atoms with van der Waals surface area (Å²) in [6, 6.07) is 4.10. The number of hydrogen-bond donors (Lipinski definition) is 1. The highest BCUT2D eigenvalue weighted by Gasteiger charge is 2.43. The van der Waals surface area contributed by atoms with Gasteiger partial charge in [-0.05, 0) is 74.9 Å². The van der Waals surface area contributed by atoms with Crippen molar-refractivity contribution in [2.24, 2.45) is 0 Å². The molecule has 0 saturated carbocycles. The zero-order chi connectivity index (χ0) is 22.2. The largest absolute Gasteiger partial charge is 0.507 e. The Morgan fingerprint density at radius 3 is 2.58 bits per heavy atom. The molecular weight excluding hydrogens is 390 g/mol. The Morgan fingerprint density at radius 2 is 1.84 bits per heavy atom. The van der Waals surface area contributed by atoms with Crippen LogP contribution in [0.3, 0.4) is 0 Å². The Bertz CT molecular complexity index is 976. The number of phenolic OH excluding ortho intramolecular Hbond substituents is 1. The summed E-state index contributed by atoms with van der Waals surface area (Å²) < 4.78 is 6.42. The predicted octanol–water partition coefficient (Wildman–Crippen LogP) is 3.53. The van der Waals surface area contributed by atoms with E-state index in [9.17, 15) is 9.90 Å². The third-order valence-corrected chi connectivity index (χ3v) is 7.00. The number of pyridine rings is 1. The monoisotopic (exact) mass is 423 g/mol. The molecule has 1 N–H and O–H groups in total.